The van der Waals surface area contributed by atoms with Gasteiger partial charge in [0.2, 0.25) is 0 Å². The minimum atomic E-state index is -0.677. The maximum Gasteiger partial charge on any atom is 0.273 e. The lowest BCUT2D eigenvalue weighted by Gasteiger charge is -2.22. The van der Waals surface area contributed by atoms with E-state index in [0.29, 0.717) is 5.92 Å². The SMILES string of the molecule is O=C(NC1CN2CCC1C2)c1ncc(Cl)cc1F. The van der Waals surface area contributed by atoms with Gasteiger partial charge in [0.15, 0.2) is 11.5 Å². The van der Waals surface area contributed by atoms with Gasteiger partial charge >= 0.3 is 0 Å². The van der Waals surface area contributed by atoms with Crippen LogP contribution in [0.3, 0.4) is 0 Å². The van der Waals surface area contributed by atoms with Gasteiger partial charge in [-0.15, -0.1) is 0 Å². The van der Waals surface area contributed by atoms with Gasteiger partial charge in [-0.05, 0) is 24.9 Å². The quantitative estimate of drug-likeness (QED) is 0.880. The topological polar surface area (TPSA) is 45.2 Å². The van der Waals surface area contributed by atoms with Crippen LogP contribution in [-0.4, -0.2) is 41.5 Å². The van der Waals surface area contributed by atoms with E-state index >= 15 is 0 Å². The van der Waals surface area contributed by atoms with Crippen LogP contribution in [0.5, 0.6) is 0 Å². The number of carbonyl (C=O) groups is 1. The van der Waals surface area contributed by atoms with E-state index in [0.717, 1.165) is 32.1 Å². The lowest BCUT2D eigenvalue weighted by molar-refractivity contribution is 0.0915. The highest BCUT2D eigenvalue weighted by atomic mass is 35.5. The molecule has 4 nitrogen and oxygen atoms in total. The van der Waals surface area contributed by atoms with Crippen molar-refractivity contribution < 1.29 is 9.18 Å². The number of nitrogens with one attached hydrogen (secondary N) is 1. The Bertz CT molecular complexity index is 496. The second-order valence-corrected chi connectivity index (χ2v) is 5.31. The summed E-state index contributed by atoms with van der Waals surface area (Å²) in [6, 6.07) is 1.22. The van der Waals surface area contributed by atoms with Gasteiger partial charge in [0.05, 0.1) is 5.02 Å². The average Bonchev–Trinajstić information content (AvgIpc) is 2.90. The van der Waals surface area contributed by atoms with Crippen LogP contribution in [0, 0.1) is 11.7 Å². The highest BCUT2D eigenvalue weighted by molar-refractivity contribution is 6.30. The number of hydrogen-bond acceptors (Lipinski definition) is 3. The van der Waals surface area contributed by atoms with Crippen LogP contribution >= 0.6 is 11.6 Å². The smallest absolute Gasteiger partial charge is 0.273 e. The Morgan fingerprint density at radius 1 is 1.56 bits per heavy atom. The van der Waals surface area contributed by atoms with Gasteiger partial charge in [-0.3, -0.25) is 4.79 Å². The fraction of sp³-hybridized carbons (Fsp3) is 0.500. The average molecular weight is 270 g/mol. The number of aromatic nitrogens is 1. The molecule has 2 saturated heterocycles. The summed E-state index contributed by atoms with van der Waals surface area (Å²) in [5.74, 6) is -0.643. The number of halogens is 2. The molecule has 0 saturated carbocycles. The first kappa shape index (κ1) is 11.9. The number of piperidine rings is 1. The number of carbonyl (C=O) groups excluding carboxylic acids is 1. The molecule has 3 atom stereocenters. The number of nitrogens with zero attached hydrogens (tertiary/aromatic N) is 2. The molecular weight excluding hydrogens is 257 g/mol. The zero-order valence-electron chi connectivity index (χ0n) is 9.70. The van der Waals surface area contributed by atoms with Crippen molar-refractivity contribution in [2.75, 3.05) is 19.6 Å². The van der Waals surface area contributed by atoms with Crippen LogP contribution < -0.4 is 5.32 Å². The molecular formula is C12H13ClFN3O. The number of pyridine rings is 1. The molecule has 0 radical (unpaired) electrons. The molecule has 1 aromatic heterocycles. The number of rotatable bonds is 2. The molecule has 0 aliphatic carbocycles. The third-order valence-corrected chi connectivity index (χ3v) is 3.88. The monoisotopic (exact) mass is 269 g/mol. The van der Waals surface area contributed by atoms with Crippen molar-refractivity contribution in [2.45, 2.75) is 12.5 Å². The predicted molar refractivity (Wildman–Crippen MR) is 65.0 cm³/mol. The van der Waals surface area contributed by atoms with E-state index in [1.807, 2.05) is 0 Å². The van der Waals surface area contributed by atoms with Gasteiger partial charge in [-0.25, -0.2) is 9.37 Å². The maximum absolute atomic E-state index is 13.5. The Morgan fingerprint density at radius 3 is 3.00 bits per heavy atom. The largest absolute Gasteiger partial charge is 0.346 e. The van der Waals surface area contributed by atoms with Crippen molar-refractivity contribution >= 4 is 17.5 Å². The Hall–Kier alpha value is -1.20. The van der Waals surface area contributed by atoms with E-state index in [9.17, 15) is 9.18 Å². The first-order valence-corrected chi connectivity index (χ1v) is 6.35. The van der Waals surface area contributed by atoms with Crippen LogP contribution in [0.15, 0.2) is 12.3 Å². The van der Waals surface area contributed by atoms with E-state index < -0.39 is 11.7 Å². The molecule has 6 heteroatoms. The summed E-state index contributed by atoms with van der Waals surface area (Å²) in [5, 5.41) is 3.05. The summed E-state index contributed by atoms with van der Waals surface area (Å²) < 4.78 is 13.5. The zero-order chi connectivity index (χ0) is 12.7. The first-order chi connectivity index (χ1) is 8.63. The van der Waals surface area contributed by atoms with E-state index in [4.69, 9.17) is 11.6 Å². The van der Waals surface area contributed by atoms with Crippen molar-refractivity contribution in [1.82, 2.24) is 15.2 Å². The molecule has 3 rings (SSSR count). The molecule has 2 aliphatic heterocycles. The highest BCUT2D eigenvalue weighted by Gasteiger charge is 2.39. The van der Waals surface area contributed by atoms with E-state index in [2.05, 4.69) is 15.2 Å². The molecule has 1 amide bonds. The lowest BCUT2D eigenvalue weighted by Crippen LogP contribution is -2.43. The van der Waals surface area contributed by atoms with Crippen molar-refractivity contribution in [2.24, 2.45) is 5.92 Å². The van der Waals surface area contributed by atoms with Crippen LogP contribution in [0.4, 0.5) is 4.39 Å². The van der Waals surface area contributed by atoms with Gasteiger partial charge in [0.1, 0.15) is 0 Å². The van der Waals surface area contributed by atoms with Crippen molar-refractivity contribution in [3.8, 4) is 0 Å². The van der Waals surface area contributed by atoms with Crippen molar-refractivity contribution in [3.05, 3.63) is 28.8 Å². The maximum atomic E-state index is 13.5. The molecule has 2 aliphatic rings. The molecule has 2 bridgehead atoms. The van der Waals surface area contributed by atoms with Gasteiger partial charge in [0.25, 0.3) is 5.91 Å². The van der Waals surface area contributed by atoms with E-state index in [-0.39, 0.29) is 16.8 Å². The lowest BCUT2D eigenvalue weighted by atomic mass is 10.00. The Kier molecular flexibility index (Phi) is 2.95. The third kappa shape index (κ3) is 2.08. The molecule has 0 aromatic carbocycles. The minimum absolute atomic E-state index is 0.114. The minimum Gasteiger partial charge on any atom is -0.346 e. The Labute approximate surface area is 109 Å². The molecule has 3 heterocycles. The molecule has 2 fully saturated rings. The van der Waals surface area contributed by atoms with E-state index in [1.54, 1.807) is 0 Å². The first-order valence-electron chi connectivity index (χ1n) is 5.98. The molecule has 1 N–H and O–H groups in total. The van der Waals surface area contributed by atoms with Gasteiger partial charge in [-0.1, -0.05) is 11.6 Å². The fourth-order valence-electron chi connectivity index (χ4n) is 2.77. The second kappa shape index (κ2) is 4.48. The Balaban J connectivity index is 1.71. The molecule has 18 heavy (non-hydrogen) atoms. The van der Waals surface area contributed by atoms with Gasteiger partial charge in [-0.2, -0.15) is 0 Å². The predicted octanol–water partition coefficient (Wildman–Crippen LogP) is 1.31. The summed E-state index contributed by atoms with van der Waals surface area (Å²) in [7, 11) is 0. The number of amides is 1. The Morgan fingerprint density at radius 2 is 2.39 bits per heavy atom. The summed E-state index contributed by atoms with van der Waals surface area (Å²) in [5.41, 5.74) is -0.183. The normalized spacial score (nSPS) is 29.6. The van der Waals surface area contributed by atoms with Crippen LogP contribution in [-0.2, 0) is 0 Å². The summed E-state index contributed by atoms with van der Waals surface area (Å²) in [6.07, 6.45) is 2.38. The standard InChI is InChI=1S/C12H13ClFN3O/c13-8-3-9(14)11(15-4-8)12(18)16-10-6-17-2-1-7(10)5-17/h3-4,7,10H,1-2,5-6H2,(H,16,18). The van der Waals surface area contributed by atoms with Crippen molar-refractivity contribution in [1.29, 1.82) is 0 Å². The number of hydrogen-bond donors (Lipinski definition) is 1. The summed E-state index contributed by atoms with van der Waals surface area (Å²) >= 11 is 5.60. The molecule has 96 valence electrons. The third-order valence-electron chi connectivity index (χ3n) is 3.67. The molecule has 3 unspecified atom stereocenters. The highest BCUT2D eigenvalue weighted by Crippen LogP contribution is 2.27. The van der Waals surface area contributed by atoms with Gasteiger partial charge in [0, 0.05) is 25.3 Å². The van der Waals surface area contributed by atoms with Gasteiger partial charge < -0.3 is 10.2 Å². The van der Waals surface area contributed by atoms with E-state index in [1.165, 1.54) is 6.20 Å². The summed E-state index contributed by atoms with van der Waals surface area (Å²) in [6.45, 7) is 2.98. The summed E-state index contributed by atoms with van der Waals surface area (Å²) in [4.78, 5) is 18.0. The van der Waals surface area contributed by atoms with Crippen LogP contribution in [0.2, 0.25) is 5.02 Å². The zero-order valence-corrected chi connectivity index (χ0v) is 10.5. The molecule has 1 aromatic rings. The fourth-order valence-corrected chi connectivity index (χ4v) is 2.91. The van der Waals surface area contributed by atoms with Crippen molar-refractivity contribution in [3.63, 3.8) is 0 Å². The van der Waals surface area contributed by atoms with Crippen LogP contribution in [0.1, 0.15) is 16.9 Å². The number of fused-ring (bicyclic) bond motifs is 2. The molecule has 0 spiro atoms. The van der Waals surface area contributed by atoms with Crippen LogP contribution in [0.25, 0.3) is 0 Å². The second-order valence-electron chi connectivity index (χ2n) is 4.87.